The predicted octanol–water partition coefficient (Wildman–Crippen LogP) is 2.91. The number of hydrogen-bond donors (Lipinski definition) is 0. The lowest BCUT2D eigenvalue weighted by molar-refractivity contribution is -0.0104. The number of aryl methyl sites for hydroxylation is 1. The zero-order valence-corrected chi connectivity index (χ0v) is 14.6. The molecule has 0 saturated carbocycles. The quantitative estimate of drug-likeness (QED) is 0.799. The van der Waals surface area contributed by atoms with E-state index in [1.807, 2.05) is 57.2 Å². The standard InChI is InChI=1S/C18H23NO3S/c1-14(2)17-18(11-5-13-22-18)10-4-12-19(17)23(20,21)16-8-6-15(3)7-9-16/h4-11,14,17H,12-13H2,1-3H3/t17-,18+/m0/s1. The van der Waals surface area contributed by atoms with Crippen LogP contribution < -0.4 is 0 Å². The summed E-state index contributed by atoms with van der Waals surface area (Å²) in [6.07, 6.45) is 7.84. The minimum atomic E-state index is -3.57. The van der Waals surface area contributed by atoms with Gasteiger partial charge < -0.3 is 4.74 Å². The molecule has 0 N–H and O–H groups in total. The summed E-state index contributed by atoms with van der Waals surface area (Å²) in [6, 6.07) is 6.77. The first-order valence-electron chi connectivity index (χ1n) is 7.95. The lowest BCUT2D eigenvalue weighted by Gasteiger charge is -2.44. The van der Waals surface area contributed by atoms with Gasteiger partial charge in [0.2, 0.25) is 10.0 Å². The van der Waals surface area contributed by atoms with Crippen LogP contribution in [0.1, 0.15) is 19.4 Å². The van der Waals surface area contributed by atoms with Crippen molar-refractivity contribution >= 4 is 10.0 Å². The molecule has 0 fully saturated rings. The molecule has 1 aromatic rings. The van der Waals surface area contributed by atoms with Crippen molar-refractivity contribution in [2.24, 2.45) is 5.92 Å². The number of benzene rings is 1. The van der Waals surface area contributed by atoms with Gasteiger partial charge >= 0.3 is 0 Å². The van der Waals surface area contributed by atoms with Crippen molar-refractivity contribution < 1.29 is 13.2 Å². The molecular formula is C18H23NO3S. The minimum absolute atomic E-state index is 0.128. The van der Waals surface area contributed by atoms with Crippen LogP contribution in [0.25, 0.3) is 0 Å². The summed E-state index contributed by atoms with van der Waals surface area (Å²) in [5.74, 6) is 0.128. The third-order valence-corrected chi connectivity index (χ3v) is 6.36. The molecule has 0 saturated heterocycles. The fourth-order valence-electron chi connectivity index (χ4n) is 3.49. The van der Waals surface area contributed by atoms with Crippen molar-refractivity contribution in [3.05, 3.63) is 54.1 Å². The lowest BCUT2D eigenvalue weighted by Crippen LogP contribution is -2.58. The molecule has 2 aliphatic heterocycles. The van der Waals surface area contributed by atoms with Crippen LogP contribution in [0.2, 0.25) is 0 Å². The van der Waals surface area contributed by atoms with Crippen molar-refractivity contribution in [1.29, 1.82) is 0 Å². The molecule has 4 nitrogen and oxygen atoms in total. The highest BCUT2D eigenvalue weighted by molar-refractivity contribution is 7.89. The van der Waals surface area contributed by atoms with Crippen molar-refractivity contribution in [1.82, 2.24) is 4.31 Å². The molecule has 2 atom stereocenters. The third kappa shape index (κ3) is 2.77. The highest BCUT2D eigenvalue weighted by Gasteiger charge is 2.48. The van der Waals surface area contributed by atoms with Crippen LogP contribution in [-0.2, 0) is 14.8 Å². The van der Waals surface area contributed by atoms with Crippen molar-refractivity contribution in [2.45, 2.75) is 37.3 Å². The number of rotatable bonds is 3. The Balaban J connectivity index is 2.05. The molecule has 1 aromatic carbocycles. The van der Waals surface area contributed by atoms with Crippen LogP contribution in [0.15, 0.2) is 53.5 Å². The molecule has 0 unspecified atom stereocenters. The first-order chi connectivity index (χ1) is 10.9. The number of nitrogens with zero attached hydrogens (tertiary/aromatic N) is 1. The van der Waals surface area contributed by atoms with Crippen LogP contribution in [0.4, 0.5) is 0 Å². The van der Waals surface area contributed by atoms with Gasteiger partial charge in [0, 0.05) is 6.54 Å². The van der Waals surface area contributed by atoms with Gasteiger partial charge in [0.15, 0.2) is 0 Å². The maximum atomic E-state index is 13.2. The summed E-state index contributed by atoms with van der Waals surface area (Å²) in [6.45, 7) is 6.92. The predicted molar refractivity (Wildman–Crippen MR) is 90.7 cm³/mol. The molecule has 5 heteroatoms. The molecule has 0 radical (unpaired) electrons. The van der Waals surface area contributed by atoms with Crippen molar-refractivity contribution in [3.63, 3.8) is 0 Å². The lowest BCUT2D eigenvalue weighted by atomic mass is 9.84. The van der Waals surface area contributed by atoms with E-state index in [-0.39, 0.29) is 12.0 Å². The summed E-state index contributed by atoms with van der Waals surface area (Å²) in [5, 5.41) is 0. The van der Waals surface area contributed by atoms with Gasteiger partial charge in [-0.1, -0.05) is 49.8 Å². The zero-order chi connectivity index (χ0) is 16.7. The van der Waals surface area contributed by atoms with Crippen LogP contribution in [-0.4, -0.2) is 37.5 Å². The fraction of sp³-hybridized carbons (Fsp3) is 0.444. The minimum Gasteiger partial charge on any atom is -0.361 e. The van der Waals surface area contributed by atoms with Gasteiger partial charge in [-0.2, -0.15) is 4.31 Å². The first kappa shape index (κ1) is 16.4. The Morgan fingerprint density at radius 3 is 2.39 bits per heavy atom. The van der Waals surface area contributed by atoms with E-state index in [0.29, 0.717) is 18.0 Å². The normalized spacial score (nSPS) is 28.1. The van der Waals surface area contributed by atoms with E-state index in [2.05, 4.69) is 0 Å². The third-order valence-electron chi connectivity index (χ3n) is 4.50. The molecule has 124 valence electrons. The van der Waals surface area contributed by atoms with Gasteiger partial charge in [-0.05, 0) is 31.1 Å². The number of hydrogen-bond acceptors (Lipinski definition) is 3. The molecule has 2 heterocycles. The SMILES string of the molecule is Cc1ccc(S(=O)(=O)N2CC=C[C@@]3(C=CCO3)[C@@H]2C(C)C)cc1. The largest absolute Gasteiger partial charge is 0.361 e. The van der Waals surface area contributed by atoms with Crippen molar-refractivity contribution in [3.8, 4) is 0 Å². The molecule has 1 spiro atoms. The molecule has 0 aliphatic carbocycles. The number of ether oxygens (including phenoxy) is 1. The Morgan fingerprint density at radius 2 is 1.83 bits per heavy atom. The van der Waals surface area contributed by atoms with Crippen LogP contribution in [0, 0.1) is 12.8 Å². The molecule has 0 amide bonds. The van der Waals surface area contributed by atoms with Crippen molar-refractivity contribution in [2.75, 3.05) is 13.2 Å². The average Bonchev–Trinajstić information content (AvgIpc) is 2.95. The van der Waals surface area contributed by atoms with E-state index < -0.39 is 15.6 Å². The Hall–Kier alpha value is -1.43. The Bertz CT molecular complexity index is 734. The average molecular weight is 333 g/mol. The summed E-state index contributed by atoms with van der Waals surface area (Å²) in [4.78, 5) is 0.334. The van der Waals surface area contributed by atoms with Crippen LogP contribution in [0.5, 0.6) is 0 Å². The molecule has 23 heavy (non-hydrogen) atoms. The summed E-state index contributed by atoms with van der Waals surface area (Å²) < 4.78 is 33.8. The smallest absolute Gasteiger partial charge is 0.243 e. The number of sulfonamides is 1. The summed E-state index contributed by atoms with van der Waals surface area (Å²) in [7, 11) is -3.57. The van der Waals surface area contributed by atoms with E-state index >= 15 is 0 Å². The van der Waals surface area contributed by atoms with E-state index in [0.717, 1.165) is 5.56 Å². The topological polar surface area (TPSA) is 46.6 Å². The zero-order valence-electron chi connectivity index (χ0n) is 13.8. The summed E-state index contributed by atoms with van der Waals surface area (Å²) >= 11 is 0. The second-order valence-corrected chi connectivity index (χ2v) is 8.44. The van der Waals surface area contributed by atoms with E-state index in [9.17, 15) is 8.42 Å². The van der Waals surface area contributed by atoms with Gasteiger partial charge in [0.1, 0.15) is 5.60 Å². The second kappa shape index (κ2) is 5.89. The molecular weight excluding hydrogens is 310 g/mol. The van der Waals surface area contributed by atoms with E-state index in [1.165, 1.54) is 0 Å². The monoisotopic (exact) mass is 333 g/mol. The van der Waals surface area contributed by atoms with Gasteiger partial charge in [0.25, 0.3) is 0 Å². The van der Waals surface area contributed by atoms with Gasteiger partial charge in [0.05, 0.1) is 17.5 Å². The van der Waals surface area contributed by atoms with E-state index in [1.54, 1.807) is 16.4 Å². The van der Waals surface area contributed by atoms with Gasteiger partial charge in [-0.3, -0.25) is 0 Å². The van der Waals surface area contributed by atoms with Crippen LogP contribution in [0.3, 0.4) is 0 Å². The molecule has 3 rings (SSSR count). The van der Waals surface area contributed by atoms with Gasteiger partial charge in [-0.15, -0.1) is 0 Å². The second-order valence-electron chi connectivity index (χ2n) is 6.55. The Morgan fingerprint density at radius 1 is 1.17 bits per heavy atom. The maximum absolute atomic E-state index is 13.2. The highest BCUT2D eigenvalue weighted by atomic mass is 32.2. The molecule has 0 bridgehead atoms. The summed E-state index contributed by atoms with van der Waals surface area (Å²) in [5.41, 5.74) is 0.394. The van der Waals surface area contributed by atoms with Crippen LogP contribution >= 0.6 is 0 Å². The molecule has 2 aliphatic rings. The maximum Gasteiger partial charge on any atom is 0.243 e. The highest BCUT2D eigenvalue weighted by Crippen LogP contribution is 2.38. The van der Waals surface area contributed by atoms with E-state index in [4.69, 9.17) is 4.74 Å². The first-order valence-corrected chi connectivity index (χ1v) is 9.39. The Kier molecular flexibility index (Phi) is 4.21. The molecule has 0 aromatic heterocycles. The van der Waals surface area contributed by atoms with Gasteiger partial charge in [-0.25, -0.2) is 8.42 Å². The fourth-order valence-corrected chi connectivity index (χ4v) is 5.23. The Labute approximate surface area is 138 Å².